The standard InChI is InChI=1S/C60H120N6O6/c1-11-13-15-17-19-21-23-25-27-29-31-33-35-37-39-41-55(67)65(47-45-63(7)8)57(53(3)4)59(69)61-43-49-71-51-52-72-50-44-62-60(70)58(54(5)6)66(48-46-64(9)10)56(68)42-40-38-36-34-32-30-28-26-24-22-20-18-16-14-12-2/h53-54,57-58H,11-52H2,1-10H3,(H,61,69)(H,62,70). The Morgan fingerprint density at radius 1 is 0.361 bits per heavy atom. The zero-order chi connectivity index (χ0) is 53.5. The molecule has 0 aromatic rings. The molecule has 0 saturated heterocycles. The summed E-state index contributed by atoms with van der Waals surface area (Å²) in [6, 6.07) is -1.08. The van der Waals surface area contributed by atoms with Crippen molar-refractivity contribution in [2.45, 2.75) is 259 Å². The molecule has 0 fully saturated rings. The predicted octanol–water partition coefficient (Wildman–Crippen LogP) is 12.6. The third-order valence-corrected chi connectivity index (χ3v) is 14.1. The molecule has 0 aliphatic heterocycles. The van der Waals surface area contributed by atoms with E-state index in [1.54, 1.807) is 0 Å². The van der Waals surface area contributed by atoms with Crippen LogP contribution in [0.3, 0.4) is 0 Å². The Bertz CT molecular complexity index is 1170. The van der Waals surface area contributed by atoms with Crippen LogP contribution in [0.2, 0.25) is 0 Å². The number of carbonyl (C=O) groups excluding carboxylic acids is 4. The maximum absolute atomic E-state index is 13.6. The minimum atomic E-state index is -0.542. The van der Waals surface area contributed by atoms with Crippen LogP contribution in [0, 0.1) is 11.8 Å². The summed E-state index contributed by atoms with van der Waals surface area (Å²) >= 11 is 0. The van der Waals surface area contributed by atoms with Crippen LogP contribution in [0.1, 0.15) is 247 Å². The van der Waals surface area contributed by atoms with E-state index in [1.165, 1.54) is 154 Å². The molecule has 426 valence electrons. The molecule has 0 aromatic heterocycles. The number of ether oxygens (including phenoxy) is 2. The first kappa shape index (κ1) is 69.7. The average Bonchev–Trinajstić information content (AvgIpc) is 3.33. The number of amides is 4. The Balaban J connectivity index is 4.60. The third-order valence-electron chi connectivity index (χ3n) is 14.1. The van der Waals surface area contributed by atoms with E-state index in [4.69, 9.17) is 9.47 Å². The average molecular weight is 1020 g/mol. The number of rotatable bonds is 53. The van der Waals surface area contributed by atoms with Crippen molar-refractivity contribution in [1.29, 1.82) is 0 Å². The van der Waals surface area contributed by atoms with Gasteiger partial charge in [0, 0.05) is 52.1 Å². The van der Waals surface area contributed by atoms with Crippen LogP contribution in [0.25, 0.3) is 0 Å². The first-order valence-electron chi connectivity index (χ1n) is 30.4. The number of carbonyl (C=O) groups is 4. The minimum Gasteiger partial charge on any atom is -0.377 e. The lowest BCUT2D eigenvalue weighted by molar-refractivity contribution is -0.142. The second-order valence-corrected chi connectivity index (χ2v) is 22.4. The van der Waals surface area contributed by atoms with Gasteiger partial charge in [-0.05, 0) is 52.9 Å². The summed E-state index contributed by atoms with van der Waals surface area (Å²) < 4.78 is 11.6. The number of hydrogen-bond donors (Lipinski definition) is 2. The largest absolute Gasteiger partial charge is 0.377 e. The smallest absolute Gasteiger partial charge is 0.243 e. The van der Waals surface area contributed by atoms with Crippen LogP contribution in [-0.4, -0.2) is 149 Å². The molecule has 0 aliphatic rings. The molecule has 4 amide bonds. The molecule has 12 heteroatoms. The van der Waals surface area contributed by atoms with Gasteiger partial charge in [-0.1, -0.05) is 221 Å². The molecule has 2 unspecified atom stereocenters. The molecule has 0 radical (unpaired) electrons. The highest BCUT2D eigenvalue weighted by atomic mass is 16.5. The number of nitrogens with zero attached hydrogens (tertiary/aromatic N) is 4. The first-order valence-corrected chi connectivity index (χ1v) is 30.4. The van der Waals surface area contributed by atoms with Crippen LogP contribution in [0.15, 0.2) is 0 Å². The number of nitrogens with one attached hydrogen (secondary N) is 2. The lowest BCUT2D eigenvalue weighted by Gasteiger charge is -2.34. The van der Waals surface area contributed by atoms with E-state index in [0.717, 1.165) is 38.5 Å². The topological polar surface area (TPSA) is 124 Å². The van der Waals surface area contributed by atoms with Crippen molar-refractivity contribution >= 4 is 23.6 Å². The molecule has 2 atom stereocenters. The Hall–Kier alpha value is -2.28. The van der Waals surface area contributed by atoms with E-state index in [0.29, 0.717) is 78.5 Å². The van der Waals surface area contributed by atoms with Gasteiger partial charge in [0.1, 0.15) is 12.1 Å². The van der Waals surface area contributed by atoms with Crippen molar-refractivity contribution in [3.63, 3.8) is 0 Å². The second-order valence-electron chi connectivity index (χ2n) is 22.4. The van der Waals surface area contributed by atoms with Gasteiger partial charge >= 0.3 is 0 Å². The van der Waals surface area contributed by atoms with Crippen molar-refractivity contribution in [3.05, 3.63) is 0 Å². The van der Waals surface area contributed by atoms with Crippen LogP contribution in [0.4, 0.5) is 0 Å². The predicted molar refractivity (Wildman–Crippen MR) is 305 cm³/mol. The molecule has 0 heterocycles. The molecule has 0 rings (SSSR count). The van der Waals surface area contributed by atoms with Gasteiger partial charge in [-0.15, -0.1) is 0 Å². The summed E-state index contributed by atoms with van der Waals surface area (Å²) in [6.07, 6.45) is 39.5. The molecule has 2 N–H and O–H groups in total. The number of hydrogen-bond acceptors (Lipinski definition) is 8. The maximum Gasteiger partial charge on any atom is 0.243 e. The fraction of sp³-hybridized carbons (Fsp3) is 0.933. The Morgan fingerprint density at radius 2 is 0.611 bits per heavy atom. The highest BCUT2D eigenvalue weighted by molar-refractivity contribution is 5.88. The third kappa shape index (κ3) is 40.1. The summed E-state index contributed by atoms with van der Waals surface area (Å²) in [5.74, 6) is -0.233. The van der Waals surface area contributed by atoms with E-state index in [2.05, 4.69) is 34.3 Å². The van der Waals surface area contributed by atoms with Gasteiger partial charge < -0.3 is 39.7 Å². The summed E-state index contributed by atoms with van der Waals surface area (Å²) in [7, 11) is 7.98. The van der Waals surface area contributed by atoms with Gasteiger partial charge in [-0.25, -0.2) is 0 Å². The van der Waals surface area contributed by atoms with Crippen molar-refractivity contribution in [1.82, 2.24) is 30.2 Å². The molecule has 0 bridgehead atoms. The Labute approximate surface area is 445 Å². The van der Waals surface area contributed by atoms with E-state index in [1.807, 2.05) is 65.7 Å². The first-order chi connectivity index (χ1) is 34.8. The van der Waals surface area contributed by atoms with Gasteiger partial charge in [-0.3, -0.25) is 19.2 Å². The summed E-state index contributed by atoms with van der Waals surface area (Å²) in [5, 5.41) is 6.06. The highest BCUT2D eigenvalue weighted by Crippen LogP contribution is 2.19. The fourth-order valence-corrected chi connectivity index (χ4v) is 9.67. The Morgan fingerprint density at radius 3 is 0.847 bits per heavy atom. The maximum atomic E-state index is 13.6. The van der Waals surface area contributed by atoms with E-state index in [9.17, 15) is 19.2 Å². The summed E-state index contributed by atoms with van der Waals surface area (Å²) in [4.78, 5) is 62.2. The van der Waals surface area contributed by atoms with Crippen molar-refractivity contribution < 1.29 is 28.7 Å². The molecule has 0 aromatic carbocycles. The molecular weight excluding hydrogens is 901 g/mol. The van der Waals surface area contributed by atoms with Gasteiger partial charge in [0.05, 0.1) is 26.4 Å². The van der Waals surface area contributed by atoms with Gasteiger partial charge in [0.25, 0.3) is 0 Å². The lowest BCUT2D eigenvalue weighted by atomic mass is 10.00. The van der Waals surface area contributed by atoms with Crippen LogP contribution >= 0.6 is 0 Å². The van der Waals surface area contributed by atoms with Crippen molar-refractivity contribution in [3.8, 4) is 0 Å². The van der Waals surface area contributed by atoms with Gasteiger partial charge in [0.15, 0.2) is 0 Å². The molecule has 72 heavy (non-hydrogen) atoms. The normalized spacial score (nSPS) is 12.6. The zero-order valence-corrected chi connectivity index (χ0v) is 49.2. The van der Waals surface area contributed by atoms with Crippen molar-refractivity contribution in [2.24, 2.45) is 11.8 Å². The second kappa shape index (κ2) is 49.6. The molecule has 0 spiro atoms. The molecular formula is C60H120N6O6. The minimum absolute atomic E-state index is 0.0342. The quantitative estimate of drug-likeness (QED) is 0.0578. The number of likely N-dealkylation sites (N-methyl/N-ethyl adjacent to an activating group) is 2. The summed E-state index contributed by atoms with van der Waals surface area (Å²) in [6.45, 7) is 17.0. The SMILES string of the molecule is CCCCCCCCCCCCCCCCCC(=O)N(CCN(C)C)C(C(=O)NCCOCCOCCNC(=O)C(C(C)C)N(CCN(C)C)C(=O)CCCCCCCCCCCCCCCCC)C(C)C. The zero-order valence-electron chi connectivity index (χ0n) is 49.2. The van der Waals surface area contributed by atoms with Crippen LogP contribution in [-0.2, 0) is 28.7 Å². The van der Waals surface area contributed by atoms with Crippen LogP contribution in [0.5, 0.6) is 0 Å². The van der Waals surface area contributed by atoms with E-state index >= 15 is 0 Å². The van der Waals surface area contributed by atoms with Crippen molar-refractivity contribution in [2.75, 3.05) is 93.9 Å². The molecule has 12 nitrogen and oxygen atoms in total. The van der Waals surface area contributed by atoms with E-state index < -0.39 is 12.1 Å². The van der Waals surface area contributed by atoms with Crippen LogP contribution < -0.4 is 10.6 Å². The van der Waals surface area contributed by atoms with Gasteiger partial charge in [-0.2, -0.15) is 0 Å². The highest BCUT2D eigenvalue weighted by Gasteiger charge is 2.33. The summed E-state index contributed by atoms with van der Waals surface area (Å²) in [5.41, 5.74) is 0. The number of unbranched alkanes of at least 4 members (excludes halogenated alkanes) is 28. The lowest BCUT2D eigenvalue weighted by Crippen LogP contribution is -2.54. The fourth-order valence-electron chi connectivity index (χ4n) is 9.67. The monoisotopic (exact) mass is 1020 g/mol. The molecule has 0 aliphatic carbocycles. The van der Waals surface area contributed by atoms with Gasteiger partial charge in [0.2, 0.25) is 23.6 Å². The molecule has 0 saturated carbocycles. The van der Waals surface area contributed by atoms with E-state index in [-0.39, 0.29) is 35.5 Å². The Kier molecular flexibility index (Phi) is 48.0.